The number of carboxylic acids is 1. The van der Waals surface area contributed by atoms with Gasteiger partial charge >= 0.3 is 12.1 Å². The lowest BCUT2D eigenvalue weighted by Crippen LogP contribution is -2.54. The van der Waals surface area contributed by atoms with Crippen molar-refractivity contribution in [3.05, 3.63) is 48.3 Å². The maximum absolute atomic E-state index is 12.1. The number of hydrogen-bond donors (Lipinski definition) is 2. The molecule has 1 saturated heterocycles. The molecule has 1 saturated carbocycles. The van der Waals surface area contributed by atoms with Gasteiger partial charge in [-0.25, -0.2) is 9.59 Å². The van der Waals surface area contributed by atoms with Gasteiger partial charge in [0.15, 0.2) is 0 Å². The van der Waals surface area contributed by atoms with E-state index in [2.05, 4.69) is 5.32 Å². The van der Waals surface area contributed by atoms with Gasteiger partial charge in [-0.05, 0) is 37.1 Å². The van der Waals surface area contributed by atoms with Crippen LogP contribution < -0.4 is 10.2 Å². The zero-order valence-electron chi connectivity index (χ0n) is 15.7. The predicted molar refractivity (Wildman–Crippen MR) is 105 cm³/mol. The molecule has 2 aromatic rings. The standard InChI is InChI=1S/C21H25N3O4/c25-20(26)17-9-6-10-18(19(17)23-11-4-5-12-23)24-13-16(14-24)28-21(27)22-15-7-2-1-3-8-15/h4-6,9-12,15-16H,1-3,7-8,13-14H2,(H,22,27)(H,25,26). The summed E-state index contributed by atoms with van der Waals surface area (Å²) in [5, 5.41) is 12.5. The Morgan fingerprint density at radius 1 is 1.04 bits per heavy atom. The SMILES string of the molecule is O=C(NC1CCCCC1)OC1CN(c2cccc(C(=O)O)c2-n2cccc2)C1. The van der Waals surface area contributed by atoms with Gasteiger partial charge in [0.25, 0.3) is 0 Å². The Morgan fingerprint density at radius 3 is 2.43 bits per heavy atom. The second-order valence-electron chi connectivity index (χ2n) is 7.48. The number of hydrogen-bond acceptors (Lipinski definition) is 4. The van der Waals surface area contributed by atoms with E-state index in [1.807, 2.05) is 40.1 Å². The Bertz CT molecular complexity index is 837. The molecule has 1 amide bonds. The Labute approximate surface area is 163 Å². The number of nitrogens with zero attached hydrogens (tertiary/aromatic N) is 2. The number of aromatic nitrogens is 1. The van der Waals surface area contributed by atoms with Crippen LogP contribution in [0.2, 0.25) is 0 Å². The van der Waals surface area contributed by atoms with Crippen LogP contribution in [0.15, 0.2) is 42.7 Å². The van der Waals surface area contributed by atoms with Gasteiger partial charge in [-0.3, -0.25) is 0 Å². The molecule has 0 spiro atoms. The lowest BCUT2D eigenvalue weighted by molar-refractivity contribution is 0.0697. The van der Waals surface area contributed by atoms with E-state index < -0.39 is 5.97 Å². The molecule has 0 unspecified atom stereocenters. The summed E-state index contributed by atoms with van der Waals surface area (Å²) >= 11 is 0. The fourth-order valence-electron chi connectivity index (χ4n) is 4.02. The number of carbonyl (C=O) groups is 2. The summed E-state index contributed by atoms with van der Waals surface area (Å²) < 4.78 is 7.34. The summed E-state index contributed by atoms with van der Waals surface area (Å²) in [7, 11) is 0. The van der Waals surface area contributed by atoms with Crippen molar-refractivity contribution < 1.29 is 19.4 Å². The van der Waals surface area contributed by atoms with Gasteiger partial charge in [0.2, 0.25) is 0 Å². The van der Waals surface area contributed by atoms with Crippen LogP contribution in [0.5, 0.6) is 0 Å². The highest BCUT2D eigenvalue weighted by Crippen LogP contribution is 2.32. The van der Waals surface area contributed by atoms with Gasteiger partial charge in [0, 0.05) is 18.4 Å². The average Bonchev–Trinajstić information content (AvgIpc) is 3.19. The van der Waals surface area contributed by atoms with Crippen molar-refractivity contribution in [1.29, 1.82) is 0 Å². The molecule has 2 fully saturated rings. The minimum absolute atomic E-state index is 0.186. The van der Waals surface area contributed by atoms with Gasteiger partial charge in [0.05, 0.1) is 30.0 Å². The van der Waals surface area contributed by atoms with Gasteiger partial charge in [-0.1, -0.05) is 25.3 Å². The Morgan fingerprint density at radius 2 is 1.75 bits per heavy atom. The highest BCUT2D eigenvalue weighted by Gasteiger charge is 2.33. The summed E-state index contributed by atoms with van der Waals surface area (Å²) in [5.74, 6) is -0.967. The Kier molecular flexibility index (Phi) is 5.23. The van der Waals surface area contributed by atoms with Crippen molar-refractivity contribution in [3.8, 4) is 5.69 Å². The number of alkyl carbamates (subject to hydrolysis) is 1. The number of amides is 1. The highest BCUT2D eigenvalue weighted by atomic mass is 16.6. The average molecular weight is 383 g/mol. The third kappa shape index (κ3) is 3.83. The molecule has 28 heavy (non-hydrogen) atoms. The van der Waals surface area contributed by atoms with E-state index in [0.717, 1.165) is 31.4 Å². The van der Waals surface area contributed by atoms with Gasteiger partial charge in [-0.15, -0.1) is 0 Å². The molecule has 1 aromatic heterocycles. The minimum Gasteiger partial charge on any atom is -0.478 e. The van der Waals surface area contributed by atoms with Crippen molar-refractivity contribution >= 4 is 17.7 Å². The molecule has 7 heteroatoms. The molecule has 2 N–H and O–H groups in total. The molecule has 4 rings (SSSR count). The van der Waals surface area contributed by atoms with Crippen LogP contribution in [0.3, 0.4) is 0 Å². The van der Waals surface area contributed by atoms with Crippen molar-refractivity contribution in [2.45, 2.75) is 44.2 Å². The van der Waals surface area contributed by atoms with E-state index in [4.69, 9.17) is 4.74 Å². The van der Waals surface area contributed by atoms with Crippen molar-refractivity contribution in [2.75, 3.05) is 18.0 Å². The third-order valence-electron chi connectivity index (χ3n) is 5.50. The Balaban J connectivity index is 1.41. The maximum Gasteiger partial charge on any atom is 0.407 e. The molecule has 7 nitrogen and oxygen atoms in total. The summed E-state index contributed by atoms with van der Waals surface area (Å²) in [4.78, 5) is 25.9. The van der Waals surface area contributed by atoms with Crippen LogP contribution in [0.25, 0.3) is 5.69 Å². The largest absolute Gasteiger partial charge is 0.478 e. The molecule has 0 atom stereocenters. The van der Waals surface area contributed by atoms with Crippen molar-refractivity contribution in [3.63, 3.8) is 0 Å². The summed E-state index contributed by atoms with van der Waals surface area (Å²) in [6, 6.07) is 9.20. The highest BCUT2D eigenvalue weighted by molar-refractivity contribution is 5.95. The van der Waals surface area contributed by atoms with E-state index in [-0.39, 0.29) is 23.8 Å². The normalized spacial score (nSPS) is 17.8. The van der Waals surface area contributed by atoms with E-state index in [1.54, 1.807) is 12.1 Å². The van der Waals surface area contributed by atoms with Crippen LogP contribution >= 0.6 is 0 Å². The minimum atomic E-state index is -0.967. The first-order valence-corrected chi connectivity index (χ1v) is 9.83. The van der Waals surface area contributed by atoms with E-state index in [9.17, 15) is 14.7 Å². The second-order valence-corrected chi connectivity index (χ2v) is 7.48. The topological polar surface area (TPSA) is 83.8 Å². The van der Waals surface area contributed by atoms with Crippen LogP contribution in [0.4, 0.5) is 10.5 Å². The van der Waals surface area contributed by atoms with Crippen molar-refractivity contribution in [1.82, 2.24) is 9.88 Å². The molecule has 148 valence electrons. The number of rotatable bonds is 5. The van der Waals surface area contributed by atoms with Crippen LogP contribution in [-0.4, -0.2) is 47.0 Å². The maximum atomic E-state index is 12.1. The number of ether oxygens (including phenoxy) is 1. The smallest absolute Gasteiger partial charge is 0.407 e. The summed E-state index contributed by atoms with van der Waals surface area (Å²) in [5.41, 5.74) is 1.70. The quantitative estimate of drug-likeness (QED) is 0.827. The Hall–Kier alpha value is -2.96. The predicted octanol–water partition coefficient (Wildman–Crippen LogP) is 3.42. The van der Waals surface area contributed by atoms with Crippen molar-refractivity contribution in [2.24, 2.45) is 0 Å². The lowest BCUT2D eigenvalue weighted by Gasteiger charge is -2.41. The third-order valence-corrected chi connectivity index (χ3v) is 5.50. The lowest BCUT2D eigenvalue weighted by atomic mass is 9.96. The molecule has 1 aromatic carbocycles. The number of nitrogens with one attached hydrogen (secondary N) is 1. The zero-order chi connectivity index (χ0) is 19.5. The molecular formula is C21H25N3O4. The fraction of sp³-hybridized carbons (Fsp3) is 0.429. The molecule has 2 aliphatic rings. The number of carboxylic acid groups (broad SMARTS) is 1. The first-order valence-electron chi connectivity index (χ1n) is 9.83. The number of benzene rings is 1. The zero-order valence-corrected chi connectivity index (χ0v) is 15.7. The van der Waals surface area contributed by atoms with Crippen LogP contribution in [-0.2, 0) is 4.74 Å². The van der Waals surface area contributed by atoms with E-state index in [1.165, 1.54) is 6.42 Å². The van der Waals surface area contributed by atoms with E-state index in [0.29, 0.717) is 18.8 Å². The number of carbonyl (C=O) groups excluding carboxylic acids is 1. The van der Waals surface area contributed by atoms with E-state index >= 15 is 0 Å². The van der Waals surface area contributed by atoms with Gasteiger partial charge in [0.1, 0.15) is 6.10 Å². The summed E-state index contributed by atoms with van der Waals surface area (Å²) in [6.07, 6.45) is 8.73. The molecule has 2 heterocycles. The monoisotopic (exact) mass is 383 g/mol. The molecular weight excluding hydrogens is 358 g/mol. The number of anilines is 1. The van der Waals surface area contributed by atoms with Crippen LogP contribution in [0, 0.1) is 0 Å². The summed E-state index contributed by atoms with van der Waals surface area (Å²) in [6.45, 7) is 1.10. The van der Waals surface area contributed by atoms with Crippen LogP contribution in [0.1, 0.15) is 42.5 Å². The second kappa shape index (κ2) is 7.96. The first-order chi connectivity index (χ1) is 13.6. The molecule has 0 bridgehead atoms. The number of para-hydroxylation sites is 1. The van der Waals surface area contributed by atoms with Gasteiger partial charge < -0.3 is 24.6 Å². The first kappa shape index (κ1) is 18.4. The van der Waals surface area contributed by atoms with Gasteiger partial charge in [-0.2, -0.15) is 0 Å². The molecule has 1 aliphatic heterocycles. The molecule has 0 radical (unpaired) electrons. The molecule has 1 aliphatic carbocycles. The number of aromatic carboxylic acids is 1. The fourth-order valence-corrected chi connectivity index (χ4v) is 4.02.